The highest BCUT2D eigenvalue weighted by Crippen LogP contribution is 2.36. The summed E-state index contributed by atoms with van der Waals surface area (Å²) in [6, 6.07) is 10.1. The molecule has 0 fully saturated rings. The molecule has 4 nitrogen and oxygen atoms in total. The zero-order valence-electron chi connectivity index (χ0n) is 11.1. The Morgan fingerprint density at radius 1 is 1.21 bits per heavy atom. The summed E-state index contributed by atoms with van der Waals surface area (Å²) in [7, 11) is 1.64. The molecule has 1 aromatic carbocycles. The second-order valence-corrected chi connectivity index (χ2v) is 4.96. The average molecular weight is 275 g/mol. The van der Waals surface area contributed by atoms with E-state index in [2.05, 4.69) is 22.2 Å². The van der Waals surface area contributed by atoms with Crippen LogP contribution in [0.4, 0.5) is 5.82 Å². The molecule has 0 unspecified atom stereocenters. The molecule has 0 amide bonds. The Morgan fingerprint density at radius 2 is 2.00 bits per heavy atom. The van der Waals surface area contributed by atoms with Crippen LogP contribution in [0.3, 0.4) is 0 Å². The quantitative estimate of drug-likeness (QED) is 0.818. The smallest absolute Gasteiger partial charge is 0.194 e. The van der Waals surface area contributed by atoms with Crippen molar-refractivity contribution in [2.24, 2.45) is 0 Å². The van der Waals surface area contributed by atoms with Gasteiger partial charge in [-0.3, -0.25) is 0 Å². The number of hydrogen-bond acceptors (Lipinski definition) is 5. The average Bonchev–Trinajstić information content (AvgIpc) is 2.46. The van der Waals surface area contributed by atoms with Crippen molar-refractivity contribution in [1.29, 1.82) is 0 Å². The molecular weight excluding hydrogens is 258 g/mol. The third-order valence-corrected chi connectivity index (χ3v) is 3.47. The number of nitrogens with one attached hydrogen (secondary N) is 1. The van der Waals surface area contributed by atoms with Gasteiger partial charge in [-0.25, -0.2) is 9.97 Å². The number of nitrogens with zero attached hydrogens (tertiary/aromatic N) is 2. The summed E-state index contributed by atoms with van der Waals surface area (Å²) >= 11 is 1.57. The third kappa shape index (κ3) is 3.61. The third-order valence-electron chi connectivity index (χ3n) is 2.48. The fourth-order valence-corrected chi connectivity index (χ4v) is 2.47. The first-order chi connectivity index (χ1) is 9.35. The Kier molecular flexibility index (Phi) is 5.03. The van der Waals surface area contributed by atoms with Gasteiger partial charge in [0.05, 0.1) is 7.11 Å². The van der Waals surface area contributed by atoms with Crippen LogP contribution in [-0.2, 0) is 0 Å². The van der Waals surface area contributed by atoms with Crippen LogP contribution in [0.25, 0.3) is 0 Å². The molecule has 0 saturated heterocycles. The van der Waals surface area contributed by atoms with Crippen molar-refractivity contribution in [3.05, 3.63) is 36.7 Å². The van der Waals surface area contributed by atoms with E-state index in [1.807, 2.05) is 30.3 Å². The van der Waals surface area contributed by atoms with E-state index in [-0.39, 0.29) is 0 Å². The molecule has 0 saturated carbocycles. The minimum Gasteiger partial charge on any atom is -0.490 e. The standard InChI is InChI=1S/C14H17N3OS/c1-3-9-15-13-12(18-2)14(17-10-16-13)19-11-7-5-4-6-8-11/h4-8,10H,3,9H2,1-2H3,(H,15,16,17). The molecule has 5 heteroatoms. The van der Waals surface area contributed by atoms with E-state index in [1.165, 1.54) is 0 Å². The first-order valence-electron chi connectivity index (χ1n) is 6.21. The van der Waals surface area contributed by atoms with E-state index in [0.29, 0.717) is 5.75 Å². The zero-order valence-corrected chi connectivity index (χ0v) is 11.9. The molecule has 19 heavy (non-hydrogen) atoms. The molecule has 0 aliphatic rings. The Labute approximate surface area is 117 Å². The van der Waals surface area contributed by atoms with Crippen molar-refractivity contribution in [3.63, 3.8) is 0 Å². The minimum absolute atomic E-state index is 0.699. The van der Waals surface area contributed by atoms with Gasteiger partial charge in [0.25, 0.3) is 0 Å². The topological polar surface area (TPSA) is 47.0 Å². The number of anilines is 1. The molecule has 2 rings (SSSR count). The van der Waals surface area contributed by atoms with Crippen LogP contribution in [0.15, 0.2) is 46.6 Å². The number of ether oxygens (including phenoxy) is 1. The molecule has 2 aromatic rings. The first kappa shape index (κ1) is 13.7. The van der Waals surface area contributed by atoms with Crippen LogP contribution >= 0.6 is 11.8 Å². The highest BCUT2D eigenvalue weighted by molar-refractivity contribution is 7.99. The van der Waals surface area contributed by atoms with Gasteiger partial charge in [0.15, 0.2) is 11.6 Å². The largest absolute Gasteiger partial charge is 0.490 e. The number of hydrogen-bond donors (Lipinski definition) is 1. The van der Waals surface area contributed by atoms with Gasteiger partial charge in [-0.05, 0) is 18.6 Å². The Morgan fingerprint density at radius 3 is 2.68 bits per heavy atom. The van der Waals surface area contributed by atoms with E-state index in [0.717, 1.165) is 28.7 Å². The lowest BCUT2D eigenvalue weighted by atomic mass is 10.4. The van der Waals surface area contributed by atoms with Crippen molar-refractivity contribution in [3.8, 4) is 5.75 Å². The minimum atomic E-state index is 0.699. The summed E-state index contributed by atoms with van der Waals surface area (Å²) in [4.78, 5) is 9.66. The number of methoxy groups -OCH3 is 1. The molecule has 0 bridgehead atoms. The summed E-state index contributed by atoms with van der Waals surface area (Å²) in [5, 5.41) is 4.07. The summed E-state index contributed by atoms with van der Waals surface area (Å²) in [6.45, 7) is 2.98. The van der Waals surface area contributed by atoms with Crippen molar-refractivity contribution >= 4 is 17.6 Å². The Hall–Kier alpha value is -1.75. The van der Waals surface area contributed by atoms with Gasteiger partial charge in [0.2, 0.25) is 0 Å². The van der Waals surface area contributed by atoms with E-state index >= 15 is 0 Å². The number of rotatable bonds is 6. The van der Waals surface area contributed by atoms with Gasteiger partial charge in [-0.15, -0.1) is 0 Å². The van der Waals surface area contributed by atoms with E-state index in [4.69, 9.17) is 4.74 Å². The lowest BCUT2D eigenvalue weighted by Crippen LogP contribution is -2.05. The van der Waals surface area contributed by atoms with Gasteiger partial charge in [-0.2, -0.15) is 0 Å². The van der Waals surface area contributed by atoms with E-state index in [9.17, 15) is 0 Å². The maximum absolute atomic E-state index is 5.44. The van der Waals surface area contributed by atoms with Gasteiger partial charge in [0.1, 0.15) is 11.4 Å². The predicted octanol–water partition coefficient (Wildman–Crippen LogP) is 3.46. The molecule has 0 aliphatic carbocycles. The molecule has 1 aromatic heterocycles. The molecule has 1 heterocycles. The van der Waals surface area contributed by atoms with Crippen LogP contribution in [0.1, 0.15) is 13.3 Å². The van der Waals surface area contributed by atoms with Crippen molar-refractivity contribution < 1.29 is 4.74 Å². The first-order valence-corrected chi connectivity index (χ1v) is 7.02. The number of aromatic nitrogens is 2. The maximum Gasteiger partial charge on any atom is 0.194 e. The van der Waals surface area contributed by atoms with E-state index < -0.39 is 0 Å². The summed E-state index contributed by atoms with van der Waals surface area (Å²) < 4.78 is 5.44. The van der Waals surface area contributed by atoms with Crippen LogP contribution in [0, 0.1) is 0 Å². The SMILES string of the molecule is CCCNc1ncnc(Sc2ccccc2)c1OC. The lowest BCUT2D eigenvalue weighted by Gasteiger charge is -2.12. The number of benzene rings is 1. The predicted molar refractivity (Wildman–Crippen MR) is 77.9 cm³/mol. The highest BCUT2D eigenvalue weighted by Gasteiger charge is 2.12. The molecule has 100 valence electrons. The lowest BCUT2D eigenvalue weighted by molar-refractivity contribution is 0.400. The highest BCUT2D eigenvalue weighted by atomic mass is 32.2. The molecule has 0 aliphatic heterocycles. The van der Waals surface area contributed by atoms with Crippen LogP contribution < -0.4 is 10.1 Å². The molecule has 0 radical (unpaired) electrons. The van der Waals surface area contributed by atoms with Crippen LogP contribution in [0.2, 0.25) is 0 Å². The summed E-state index contributed by atoms with van der Waals surface area (Å²) in [6.07, 6.45) is 2.60. The Balaban J connectivity index is 2.24. The van der Waals surface area contributed by atoms with Gasteiger partial charge >= 0.3 is 0 Å². The Bertz CT molecular complexity index is 519. The van der Waals surface area contributed by atoms with Crippen molar-refractivity contribution in [2.45, 2.75) is 23.3 Å². The fraction of sp³-hybridized carbons (Fsp3) is 0.286. The van der Waals surface area contributed by atoms with Gasteiger partial charge < -0.3 is 10.1 Å². The summed E-state index contributed by atoms with van der Waals surface area (Å²) in [5.41, 5.74) is 0. The second kappa shape index (κ2) is 6.99. The molecule has 0 spiro atoms. The van der Waals surface area contributed by atoms with Crippen molar-refractivity contribution in [1.82, 2.24) is 9.97 Å². The van der Waals surface area contributed by atoms with Gasteiger partial charge in [0, 0.05) is 11.4 Å². The maximum atomic E-state index is 5.44. The summed E-state index contributed by atoms with van der Waals surface area (Å²) in [5.74, 6) is 1.45. The molecular formula is C14H17N3OS. The van der Waals surface area contributed by atoms with Crippen molar-refractivity contribution in [2.75, 3.05) is 19.0 Å². The van der Waals surface area contributed by atoms with E-state index in [1.54, 1.807) is 25.2 Å². The second-order valence-electron chi connectivity index (χ2n) is 3.90. The molecule has 0 atom stereocenters. The fourth-order valence-electron chi connectivity index (χ4n) is 1.58. The van der Waals surface area contributed by atoms with Crippen LogP contribution in [-0.4, -0.2) is 23.6 Å². The monoisotopic (exact) mass is 275 g/mol. The van der Waals surface area contributed by atoms with Crippen LogP contribution in [0.5, 0.6) is 5.75 Å². The zero-order chi connectivity index (χ0) is 13.5. The molecule has 1 N–H and O–H groups in total. The normalized spacial score (nSPS) is 10.2. The van der Waals surface area contributed by atoms with Gasteiger partial charge in [-0.1, -0.05) is 36.9 Å².